The summed E-state index contributed by atoms with van der Waals surface area (Å²) in [6.07, 6.45) is 9.04. The molecule has 0 bridgehead atoms. The number of methoxy groups -OCH3 is 2. The van der Waals surface area contributed by atoms with Gasteiger partial charge in [0.15, 0.2) is 0 Å². The van der Waals surface area contributed by atoms with Crippen LogP contribution in [0.3, 0.4) is 0 Å². The zero-order valence-corrected chi connectivity index (χ0v) is 14.5. The van der Waals surface area contributed by atoms with Crippen molar-refractivity contribution in [1.82, 2.24) is 0 Å². The number of halogens is 2. The Kier molecular flexibility index (Phi) is 11.3. The van der Waals surface area contributed by atoms with Crippen LogP contribution in [0.4, 0.5) is 0 Å². The summed E-state index contributed by atoms with van der Waals surface area (Å²) in [4.78, 5) is 0. The molecule has 0 aromatic carbocycles. The molecule has 0 saturated heterocycles. The predicted molar refractivity (Wildman–Crippen MR) is 81.0 cm³/mol. The molecular formula is C13H26Br2O2. The molecule has 104 valence electrons. The molecule has 0 rings (SSSR count). The highest BCUT2D eigenvalue weighted by Crippen LogP contribution is 2.34. The SMILES string of the molecule is CCCCCCCCC(CBr)C(Br)(OC)OC. The summed E-state index contributed by atoms with van der Waals surface area (Å²) >= 11 is 7.07. The average molecular weight is 374 g/mol. The summed E-state index contributed by atoms with van der Waals surface area (Å²) in [7, 11) is 3.35. The van der Waals surface area contributed by atoms with Gasteiger partial charge in [-0.2, -0.15) is 0 Å². The Morgan fingerprint density at radius 1 is 1.00 bits per heavy atom. The van der Waals surface area contributed by atoms with Gasteiger partial charge in [0, 0.05) is 25.5 Å². The second kappa shape index (κ2) is 10.8. The van der Waals surface area contributed by atoms with Crippen LogP contribution in [0.25, 0.3) is 0 Å². The molecule has 1 unspecified atom stereocenters. The lowest BCUT2D eigenvalue weighted by atomic mass is 10.0. The first-order valence-electron chi connectivity index (χ1n) is 6.49. The van der Waals surface area contributed by atoms with E-state index in [1.807, 2.05) is 0 Å². The van der Waals surface area contributed by atoms with Crippen LogP contribution < -0.4 is 0 Å². The van der Waals surface area contributed by atoms with Crippen LogP contribution >= 0.6 is 31.9 Å². The van der Waals surface area contributed by atoms with E-state index in [1.165, 1.54) is 38.5 Å². The first-order valence-corrected chi connectivity index (χ1v) is 8.41. The Balaban J connectivity index is 3.82. The minimum absolute atomic E-state index is 0.337. The lowest BCUT2D eigenvalue weighted by molar-refractivity contribution is -0.158. The summed E-state index contributed by atoms with van der Waals surface area (Å²) < 4.78 is 10.2. The molecule has 0 amide bonds. The fraction of sp³-hybridized carbons (Fsp3) is 1.00. The maximum Gasteiger partial charge on any atom is 0.229 e. The van der Waals surface area contributed by atoms with E-state index < -0.39 is 4.70 Å². The summed E-state index contributed by atoms with van der Waals surface area (Å²) in [5.74, 6) is 0.337. The molecule has 0 aromatic heterocycles. The molecule has 0 fully saturated rings. The van der Waals surface area contributed by atoms with Gasteiger partial charge < -0.3 is 9.47 Å². The molecule has 0 heterocycles. The standard InChI is InChI=1S/C13H26Br2O2/c1-4-5-6-7-8-9-10-12(11-14)13(15,16-2)17-3/h12H,4-11H2,1-3H3. The molecule has 0 aliphatic rings. The molecule has 0 aliphatic carbocycles. The smallest absolute Gasteiger partial charge is 0.229 e. The van der Waals surface area contributed by atoms with Gasteiger partial charge in [0.2, 0.25) is 4.70 Å². The highest BCUT2D eigenvalue weighted by Gasteiger charge is 2.35. The van der Waals surface area contributed by atoms with Crippen molar-refractivity contribution in [1.29, 1.82) is 0 Å². The third-order valence-corrected chi connectivity index (χ3v) is 5.21. The lowest BCUT2D eigenvalue weighted by Crippen LogP contribution is -2.36. The van der Waals surface area contributed by atoms with Crippen LogP contribution in [0.2, 0.25) is 0 Å². The van der Waals surface area contributed by atoms with Gasteiger partial charge in [0.25, 0.3) is 0 Å². The van der Waals surface area contributed by atoms with Gasteiger partial charge in [-0.1, -0.05) is 61.4 Å². The van der Waals surface area contributed by atoms with Gasteiger partial charge in [-0.05, 0) is 22.4 Å². The average Bonchev–Trinajstić information content (AvgIpc) is 2.37. The van der Waals surface area contributed by atoms with Crippen molar-refractivity contribution < 1.29 is 9.47 Å². The molecule has 0 saturated carbocycles. The molecule has 0 radical (unpaired) electrons. The van der Waals surface area contributed by atoms with E-state index in [0.29, 0.717) is 5.92 Å². The van der Waals surface area contributed by atoms with Crippen molar-refractivity contribution >= 4 is 31.9 Å². The Morgan fingerprint density at radius 2 is 1.53 bits per heavy atom. The summed E-state index contributed by atoms with van der Waals surface area (Å²) in [6, 6.07) is 0. The second-order valence-corrected chi connectivity index (χ2v) is 6.15. The molecular weight excluding hydrogens is 348 g/mol. The van der Waals surface area contributed by atoms with Crippen molar-refractivity contribution in [3.05, 3.63) is 0 Å². The molecule has 0 spiro atoms. The van der Waals surface area contributed by atoms with Crippen LogP contribution in [0.15, 0.2) is 0 Å². The molecule has 0 N–H and O–H groups in total. The maximum absolute atomic E-state index is 5.40. The van der Waals surface area contributed by atoms with Gasteiger partial charge >= 0.3 is 0 Å². The fourth-order valence-corrected chi connectivity index (χ4v) is 3.50. The molecule has 4 heteroatoms. The van der Waals surface area contributed by atoms with E-state index in [2.05, 4.69) is 38.8 Å². The Bertz CT molecular complexity index is 173. The van der Waals surface area contributed by atoms with Crippen LogP contribution in [0, 0.1) is 5.92 Å². The Morgan fingerprint density at radius 3 is 2.00 bits per heavy atom. The normalized spacial score (nSPS) is 13.9. The molecule has 2 nitrogen and oxygen atoms in total. The molecule has 1 atom stereocenters. The van der Waals surface area contributed by atoms with E-state index in [-0.39, 0.29) is 0 Å². The van der Waals surface area contributed by atoms with Gasteiger partial charge in [0.05, 0.1) is 0 Å². The zero-order chi connectivity index (χ0) is 13.1. The minimum atomic E-state index is -0.639. The molecule has 0 aromatic rings. The summed E-state index contributed by atoms with van der Waals surface area (Å²) in [6.45, 7) is 2.25. The minimum Gasteiger partial charge on any atom is -0.344 e. The molecule has 0 aliphatic heterocycles. The first-order chi connectivity index (χ1) is 8.14. The quantitative estimate of drug-likeness (QED) is 0.285. The highest BCUT2D eigenvalue weighted by molar-refractivity contribution is 9.10. The summed E-state index contributed by atoms with van der Waals surface area (Å²) in [5.41, 5.74) is 0. The number of hydrogen-bond acceptors (Lipinski definition) is 2. The van der Waals surface area contributed by atoms with Crippen LogP contribution in [-0.4, -0.2) is 24.2 Å². The predicted octanol–water partition coefficient (Wildman–Crippen LogP) is 5.09. The van der Waals surface area contributed by atoms with Crippen LogP contribution in [0.1, 0.15) is 51.9 Å². The largest absolute Gasteiger partial charge is 0.344 e. The number of alkyl halides is 2. The zero-order valence-electron chi connectivity index (χ0n) is 11.3. The first kappa shape index (κ1) is 17.9. The van der Waals surface area contributed by atoms with Crippen molar-refractivity contribution in [3.63, 3.8) is 0 Å². The highest BCUT2D eigenvalue weighted by atomic mass is 79.9. The van der Waals surface area contributed by atoms with Gasteiger partial charge in [-0.25, -0.2) is 0 Å². The maximum atomic E-state index is 5.40. The second-order valence-electron chi connectivity index (χ2n) is 4.40. The van der Waals surface area contributed by atoms with E-state index in [1.54, 1.807) is 14.2 Å². The van der Waals surface area contributed by atoms with Crippen molar-refractivity contribution in [2.45, 2.75) is 56.6 Å². The topological polar surface area (TPSA) is 18.5 Å². The Hall–Kier alpha value is 0.880. The summed E-state index contributed by atoms with van der Waals surface area (Å²) in [5, 5.41) is 0.884. The van der Waals surface area contributed by atoms with Crippen molar-refractivity contribution in [2.75, 3.05) is 19.5 Å². The van der Waals surface area contributed by atoms with E-state index in [4.69, 9.17) is 9.47 Å². The van der Waals surface area contributed by atoms with E-state index in [0.717, 1.165) is 11.8 Å². The number of unbranched alkanes of at least 4 members (excludes halogenated alkanes) is 5. The molecule has 17 heavy (non-hydrogen) atoms. The van der Waals surface area contributed by atoms with Crippen molar-refractivity contribution in [2.24, 2.45) is 5.92 Å². The number of hydrogen-bond donors (Lipinski definition) is 0. The number of rotatable bonds is 11. The van der Waals surface area contributed by atoms with E-state index in [9.17, 15) is 0 Å². The van der Waals surface area contributed by atoms with E-state index >= 15 is 0 Å². The lowest BCUT2D eigenvalue weighted by Gasteiger charge is -2.32. The van der Waals surface area contributed by atoms with Gasteiger partial charge in [-0.3, -0.25) is 0 Å². The van der Waals surface area contributed by atoms with Gasteiger partial charge in [-0.15, -0.1) is 0 Å². The van der Waals surface area contributed by atoms with Crippen molar-refractivity contribution in [3.8, 4) is 0 Å². The Labute approximate surface area is 123 Å². The van der Waals surface area contributed by atoms with Crippen LogP contribution in [-0.2, 0) is 9.47 Å². The fourth-order valence-electron chi connectivity index (χ4n) is 1.93. The third-order valence-electron chi connectivity index (χ3n) is 3.14. The van der Waals surface area contributed by atoms with Gasteiger partial charge in [0.1, 0.15) is 0 Å². The number of ether oxygens (including phenoxy) is 2. The van der Waals surface area contributed by atoms with Crippen LogP contribution in [0.5, 0.6) is 0 Å². The monoisotopic (exact) mass is 372 g/mol. The third kappa shape index (κ3) is 7.14.